The Hall–Kier alpha value is -1.71. The number of ketones is 1. The van der Waals surface area contributed by atoms with Crippen LogP contribution in [0.2, 0.25) is 0 Å². The maximum absolute atomic E-state index is 12.7. The van der Waals surface area contributed by atoms with Crippen LogP contribution < -0.4 is 10.6 Å². The highest BCUT2D eigenvalue weighted by molar-refractivity contribution is 5.94. The highest BCUT2D eigenvalue weighted by Gasteiger charge is 2.37. The zero-order chi connectivity index (χ0) is 19.8. The fourth-order valence-corrected chi connectivity index (χ4v) is 3.06. The summed E-state index contributed by atoms with van der Waals surface area (Å²) in [4.78, 5) is 42.2. The molecule has 0 aromatic carbocycles. The molecule has 2 fully saturated rings. The lowest BCUT2D eigenvalue weighted by Gasteiger charge is -2.27. The number of nitrogens with one attached hydrogen (secondary N) is 2. The smallest absolute Gasteiger partial charge is 0.379 e. The van der Waals surface area contributed by atoms with Gasteiger partial charge in [0.25, 0.3) is 0 Å². The van der Waals surface area contributed by atoms with Gasteiger partial charge in [-0.05, 0) is 25.2 Å². The second-order valence-corrected chi connectivity index (χ2v) is 7.30. The summed E-state index contributed by atoms with van der Waals surface area (Å²) in [6.07, 6.45) is 0.830. The van der Waals surface area contributed by atoms with E-state index in [-0.39, 0.29) is 18.5 Å². The zero-order valence-electron chi connectivity index (χ0n) is 16.4. The quantitative estimate of drug-likeness (QED) is 0.631. The van der Waals surface area contributed by atoms with E-state index in [9.17, 15) is 14.4 Å². The van der Waals surface area contributed by atoms with Gasteiger partial charge < -0.3 is 24.9 Å². The summed E-state index contributed by atoms with van der Waals surface area (Å²) in [7, 11) is 0. The van der Waals surface area contributed by atoms with Crippen LogP contribution in [0.4, 0.5) is 4.79 Å². The Morgan fingerprint density at radius 3 is 2.59 bits per heavy atom. The summed E-state index contributed by atoms with van der Waals surface area (Å²) >= 11 is 0. The first-order valence-electron chi connectivity index (χ1n) is 9.66. The number of morpholine rings is 1. The lowest BCUT2D eigenvalue weighted by Crippen LogP contribution is -2.54. The number of hydrogen-bond donors (Lipinski definition) is 2. The molecule has 2 rings (SSSR count). The van der Waals surface area contributed by atoms with E-state index in [4.69, 9.17) is 14.3 Å². The largest absolute Gasteiger partial charge is 0.426 e. The Morgan fingerprint density at radius 1 is 1.26 bits per heavy atom. The average molecular weight is 385 g/mol. The van der Waals surface area contributed by atoms with Crippen molar-refractivity contribution in [2.24, 2.45) is 5.92 Å². The van der Waals surface area contributed by atoms with Crippen LogP contribution >= 0.6 is 0 Å². The predicted octanol–water partition coefficient (Wildman–Crippen LogP) is 0.627. The molecular weight excluding hydrogens is 354 g/mol. The zero-order valence-corrected chi connectivity index (χ0v) is 16.4. The van der Waals surface area contributed by atoms with Gasteiger partial charge in [-0.1, -0.05) is 20.8 Å². The van der Waals surface area contributed by atoms with Gasteiger partial charge in [-0.3, -0.25) is 9.59 Å². The minimum absolute atomic E-state index is 0.00656. The highest BCUT2D eigenvalue weighted by Crippen LogP contribution is 2.15. The van der Waals surface area contributed by atoms with Crippen LogP contribution in [-0.4, -0.2) is 73.9 Å². The lowest BCUT2D eigenvalue weighted by atomic mass is 10.0. The van der Waals surface area contributed by atoms with Gasteiger partial charge in [0, 0.05) is 0 Å². The topological polar surface area (TPSA) is 106 Å². The first kappa shape index (κ1) is 21.6. The van der Waals surface area contributed by atoms with Gasteiger partial charge in [0.05, 0.1) is 32.4 Å². The molecule has 0 saturated carbocycles. The van der Waals surface area contributed by atoms with E-state index in [1.54, 1.807) is 0 Å². The Morgan fingerprint density at radius 2 is 1.96 bits per heavy atom. The molecule has 0 aromatic rings. The van der Waals surface area contributed by atoms with Crippen LogP contribution in [0.3, 0.4) is 0 Å². The van der Waals surface area contributed by atoms with Crippen LogP contribution in [-0.2, 0) is 23.9 Å². The number of rotatable bonds is 8. The molecule has 0 aliphatic carbocycles. The van der Waals surface area contributed by atoms with Crippen molar-refractivity contribution >= 4 is 17.8 Å². The van der Waals surface area contributed by atoms with E-state index >= 15 is 0 Å². The fourth-order valence-electron chi connectivity index (χ4n) is 3.06. The summed E-state index contributed by atoms with van der Waals surface area (Å²) in [5.41, 5.74) is 0. The normalized spacial score (nSPS) is 24.7. The molecule has 2 aliphatic heterocycles. The number of hydrogen-bond acceptors (Lipinski definition) is 7. The van der Waals surface area contributed by atoms with E-state index in [1.807, 2.05) is 20.8 Å². The molecule has 0 radical (unpaired) electrons. The molecule has 154 valence electrons. The average Bonchev–Trinajstić information content (AvgIpc) is 2.99. The third-order valence-corrected chi connectivity index (χ3v) is 4.68. The summed E-state index contributed by atoms with van der Waals surface area (Å²) in [6.45, 7) is 7.96. The number of carbonyl (C=O) groups is 3. The van der Waals surface area contributed by atoms with Gasteiger partial charge in [-0.25, -0.2) is 4.79 Å². The first-order chi connectivity index (χ1) is 12.9. The number of nitrogens with zero attached hydrogens (tertiary/aromatic N) is 1. The lowest BCUT2D eigenvalue weighted by molar-refractivity contribution is -0.147. The van der Waals surface area contributed by atoms with Gasteiger partial charge in [0.1, 0.15) is 18.7 Å². The van der Waals surface area contributed by atoms with Gasteiger partial charge in [-0.15, -0.1) is 5.06 Å². The maximum atomic E-state index is 12.7. The van der Waals surface area contributed by atoms with Crippen molar-refractivity contribution in [1.82, 2.24) is 15.7 Å². The summed E-state index contributed by atoms with van der Waals surface area (Å²) in [5.74, 6) is -0.164. The Balaban J connectivity index is 1.93. The van der Waals surface area contributed by atoms with Crippen molar-refractivity contribution < 1.29 is 28.7 Å². The minimum Gasteiger partial charge on any atom is -0.379 e. The predicted molar refractivity (Wildman–Crippen MR) is 96.8 cm³/mol. The molecule has 2 N–H and O–H groups in total. The molecule has 0 spiro atoms. The Bertz CT molecular complexity index is 521. The number of carbonyl (C=O) groups excluding carboxylic acids is 3. The van der Waals surface area contributed by atoms with Gasteiger partial charge in [0.2, 0.25) is 5.91 Å². The number of amides is 2. The van der Waals surface area contributed by atoms with E-state index in [2.05, 4.69) is 10.6 Å². The van der Waals surface area contributed by atoms with Gasteiger partial charge in [0.15, 0.2) is 5.78 Å². The summed E-state index contributed by atoms with van der Waals surface area (Å²) < 4.78 is 10.6. The molecule has 2 aliphatic rings. The summed E-state index contributed by atoms with van der Waals surface area (Å²) in [5, 5.41) is 6.89. The number of Topliss-reactive ketones (excluding diaryl/α,β-unsaturated/α-hetero) is 1. The number of ether oxygens (including phenoxy) is 2. The Kier molecular flexibility index (Phi) is 8.46. The first-order valence-corrected chi connectivity index (χ1v) is 9.66. The molecule has 2 amide bonds. The fraction of sp³-hybridized carbons (Fsp3) is 0.833. The molecule has 0 aromatic heterocycles. The number of hydroxylamine groups is 2. The molecule has 2 unspecified atom stereocenters. The van der Waals surface area contributed by atoms with Crippen LogP contribution in [0.1, 0.15) is 40.0 Å². The minimum atomic E-state index is -0.771. The van der Waals surface area contributed by atoms with Crippen LogP contribution in [0.15, 0.2) is 0 Å². The van der Waals surface area contributed by atoms with E-state index in [0.29, 0.717) is 45.1 Å². The third kappa shape index (κ3) is 6.75. The van der Waals surface area contributed by atoms with E-state index in [0.717, 1.165) is 6.42 Å². The van der Waals surface area contributed by atoms with Gasteiger partial charge in [-0.2, -0.15) is 0 Å². The molecule has 0 bridgehead atoms. The van der Waals surface area contributed by atoms with Crippen LogP contribution in [0, 0.1) is 5.92 Å². The maximum Gasteiger partial charge on any atom is 0.426 e. The standard InChI is InChI=1S/C18H31N3O6/c1-4-15-16(14(22)11-26-15)20-17(23)13(6-5-12(2)3)19-18(24)27-21-7-9-25-10-8-21/h12-13,15-16H,4-11H2,1-3H3,(H,19,24)(H,20,23)/t13-,15?,16?/m0/s1. The monoisotopic (exact) mass is 385 g/mol. The van der Waals surface area contributed by atoms with Crippen LogP contribution in [0.5, 0.6) is 0 Å². The van der Waals surface area contributed by atoms with Crippen molar-refractivity contribution in [2.45, 2.75) is 58.2 Å². The molecule has 3 atom stereocenters. The Labute approximate surface area is 160 Å². The van der Waals surface area contributed by atoms with E-state index < -0.39 is 24.1 Å². The molecule has 2 saturated heterocycles. The third-order valence-electron chi connectivity index (χ3n) is 4.68. The molecule has 9 nitrogen and oxygen atoms in total. The van der Waals surface area contributed by atoms with Crippen molar-refractivity contribution in [2.75, 3.05) is 32.9 Å². The van der Waals surface area contributed by atoms with Gasteiger partial charge >= 0.3 is 6.09 Å². The SMILES string of the molecule is CCC1OCC(=O)C1NC(=O)[C@H](CCC(C)C)NC(=O)ON1CCOCC1. The van der Waals surface area contributed by atoms with E-state index in [1.165, 1.54) is 5.06 Å². The van der Waals surface area contributed by atoms with Crippen molar-refractivity contribution in [3.8, 4) is 0 Å². The second-order valence-electron chi connectivity index (χ2n) is 7.30. The molecule has 9 heteroatoms. The molecular formula is C18H31N3O6. The van der Waals surface area contributed by atoms with Crippen LogP contribution in [0.25, 0.3) is 0 Å². The summed E-state index contributed by atoms with van der Waals surface area (Å²) in [6, 6.07) is -1.44. The second kappa shape index (κ2) is 10.6. The highest BCUT2D eigenvalue weighted by atomic mass is 16.7. The van der Waals surface area contributed by atoms with Crippen molar-refractivity contribution in [3.63, 3.8) is 0 Å². The van der Waals surface area contributed by atoms with Crippen molar-refractivity contribution in [1.29, 1.82) is 0 Å². The van der Waals surface area contributed by atoms with Crippen molar-refractivity contribution in [3.05, 3.63) is 0 Å². The molecule has 2 heterocycles. The molecule has 27 heavy (non-hydrogen) atoms.